The van der Waals surface area contributed by atoms with Crippen LogP contribution in [0.3, 0.4) is 0 Å². The number of ether oxygens (including phenoxy) is 1. The molecule has 0 radical (unpaired) electrons. The number of likely N-dealkylation sites (tertiary alicyclic amines) is 1. The minimum absolute atomic E-state index is 0.265. The van der Waals surface area contributed by atoms with E-state index in [2.05, 4.69) is 55.9 Å². The van der Waals surface area contributed by atoms with Crippen LogP contribution < -0.4 is 5.56 Å². The summed E-state index contributed by atoms with van der Waals surface area (Å²) in [5.74, 6) is 6.94. The summed E-state index contributed by atoms with van der Waals surface area (Å²) in [4.78, 5) is 22.7. The molecule has 2 aliphatic rings. The Morgan fingerprint density at radius 3 is 2.58 bits per heavy atom. The van der Waals surface area contributed by atoms with E-state index in [1.807, 2.05) is 0 Å². The third-order valence-electron chi connectivity index (χ3n) is 6.04. The van der Waals surface area contributed by atoms with Gasteiger partial charge in [-0.05, 0) is 43.6 Å². The summed E-state index contributed by atoms with van der Waals surface area (Å²) in [6.45, 7) is 7.36. The summed E-state index contributed by atoms with van der Waals surface area (Å²) in [6.07, 6.45) is 3.99. The SMILES string of the molecule is O=c1[nH]cnc(CCN2CCC(C#Cc3ccc(CN4CCOCC4)cc3)CC2)c1O. The Labute approximate surface area is 183 Å². The number of nitrogens with zero attached hydrogens (tertiary/aromatic N) is 3. The van der Waals surface area contributed by atoms with E-state index in [4.69, 9.17) is 4.74 Å². The fraction of sp³-hybridized carbons (Fsp3) is 0.500. The van der Waals surface area contributed by atoms with Gasteiger partial charge in [0.1, 0.15) is 0 Å². The Kier molecular flexibility index (Phi) is 7.36. The molecule has 1 aromatic heterocycles. The number of benzene rings is 1. The molecule has 7 nitrogen and oxygen atoms in total. The highest BCUT2D eigenvalue weighted by Gasteiger charge is 2.18. The highest BCUT2D eigenvalue weighted by atomic mass is 16.5. The predicted octanol–water partition coefficient (Wildman–Crippen LogP) is 1.61. The van der Waals surface area contributed by atoms with Gasteiger partial charge in [-0.15, -0.1) is 0 Å². The lowest BCUT2D eigenvalue weighted by molar-refractivity contribution is 0.0342. The molecule has 0 saturated carbocycles. The van der Waals surface area contributed by atoms with Crippen molar-refractivity contribution < 1.29 is 9.84 Å². The Balaban J connectivity index is 1.22. The molecule has 1 aromatic carbocycles. The van der Waals surface area contributed by atoms with Gasteiger partial charge in [-0.2, -0.15) is 0 Å². The van der Waals surface area contributed by atoms with Crippen molar-refractivity contribution in [3.05, 3.63) is 57.8 Å². The lowest BCUT2D eigenvalue weighted by Gasteiger charge is -2.29. The van der Waals surface area contributed by atoms with Crippen molar-refractivity contribution in [3.63, 3.8) is 0 Å². The summed E-state index contributed by atoms with van der Waals surface area (Å²) < 4.78 is 5.41. The number of morpholine rings is 1. The first kappa shape index (κ1) is 21.6. The molecule has 0 aliphatic carbocycles. The number of aromatic hydroxyl groups is 1. The van der Waals surface area contributed by atoms with Crippen molar-refractivity contribution in [1.82, 2.24) is 19.8 Å². The Morgan fingerprint density at radius 2 is 1.84 bits per heavy atom. The molecule has 2 fully saturated rings. The summed E-state index contributed by atoms with van der Waals surface area (Å²) >= 11 is 0. The molecule has 31 heavy (non-hydrogen) atoms. The zero-order valence-electron chi connectivity index (χ0n) is 17.8. The lowest BCUT2D eigenvalue weighted by atomic mass is 9.96. The number of hydrogen-bond acceptors (Lipinski definition) is 6. The van der Waals surface area contributed by atoms with E-state index < -0.39 is 5.56 Å². The highest BCUT2D eigenvalue weighted by molar-refractivity contribution is 5.36. The van der Waals surface area contributed by atoms with Gasteiger partial charge in [0.25, 0.3) is 5.56 Å². The van der Waals surface area contributed by atoms with Gasteiger partial charge >= 0.3 is 0 Å². The molecule has 0 bridgehead atoms. The second-order valence-corrected chi connectivity index (χ2v) is 8.25. The van der Waals surface area contributed by atoms with Gasteiger partial charge in [-0.25, -0.2) is 4.98 Å². The van der Waals surface area contributed by atoms with Crippen LogP contribution >= 0.6 is 0 Å². The molecule has 0 unspecified atom stereocenters. The van der Waals surface area contributed by atoms with Gasteiger partial charge in [-0.1, -0.05) is 24.0 Å². The quantitative estimate of drug-likeness (QED) is 0.713. The van der Waals surface area contributed by atoms with Crippen molar-refractivity contribution in [2.75, 3.05) is 45.9 Å². The zero-order valence-corrected chi connectivity index (χ0v) is 17.8. The first-order valence-electron chi connectivity index (χ1n) is 11.1. The molecule has 2 aliphatic heterocycles. The molecule has 4 rings (SSSR count). The largest absolute Gasteiger partial charge is 0.502 e. The summed E-state index contributed by atoms with van der Waals surface area (Å²) in [5, 5.41) is 9.80. The van der Waals surface area contributed by atoms with Crippen molar-refractivity contribution in [2.45, 2.75) is 25.8 Å². The van der Waals surface area contributed by atoms with Crippen molar-refractivity contribution in [1.29, 1.82) is 0 Å². The molecule has 3 heterocycles. The van der Waals surface area contributed by atoms with E-state index in [0.717, 1.165) is 70.9 Å². The summed E-state index contributed by atoms with van der Waals surface area (Å²) in [5.41, 5.74) is 2.38. The molecule has 164 valence electrons. The van der Waals surface area contributed by atoms with Gasteiger partial charge in [0.2, 0.25) is 5.75 Å². The van der Waals surface area contributed by atoms with E-state index in [1.54, 1.807) is 0 Å². The van der Waals surface area contributed by atoms with Gasteiger partial charge in [-0.3, -0.25) is 9.69 Å². The molecule has 2 aromatic rings. The maximum Gasteiger partial charge on any atom is 0.293 e. The van der Waals surface area contributed by atoms with Crippen LogP contribution in [-0.2, 0) is 17.7 Å². The maximum absolute atomic E-state index is 11.5. The molecular formula is C24H30N4O3. The van der Waals surface area contributed by atoms with Crippen LogP contribution in [0.1, 0.15) is 29.7 Å². The van der Waals surface area contributed by atoms with Gasteiger partial charge < -0.3 is 19.7 Å². The van der Waals surface area contributed by atoms with Crippen molar-refractivity contribution in [2.24, 2.45) is 5.92 Å². The number of piperidine rings is 1. The number of aromatic nitrogens is 2. The van der Waals surface area contributed by atoms with Crippen LogP contribution in [0.5, 0.6) is 5.75 Å². The van der Waals surface area contributed by atoms with E-state index in [1.165, 1.54) is 11.9 Å². The zero-order chi connectivity index (χ0) is 21.5. The Hall–Kier alpha value is -2.66. The van der Waals surface area contributed by atoms with E-state index in [9.17, 15) is 9.90 Å². The fourth-order valence-electron chi connectivity index (χ4n) is 4.07. The average molecular weight is 423 g/mol. The lowest BCUT2D eigenvalue weighted by Crippen LogP contribution is -2.35. The minimum atomic E-state index is -0.479. The van der Waals surface area contributed by atoms with Crippen LogP contribution in [0.2, 0.25) is 0 Å². The molecule has 7 heteroatoms. The van der Waals surface area contributed by atoms with E-state index in [0.29, 0.717) is 18.0 Å². The molecule has 0 atom stereocenters. The fourth-order valence-corrected chi connectivity index (χ4v) is 4.07. The molecule has 2 saturated heterocycles. The van der Waals surface area contributed by atoms with Crippen LogP contribution in [-0.4, -0.2) is 70.8 Å². The predicted molar refractivity (Wildman–Crippen MR) is 119 cm³/mol. The highest BCUT2D eigenvalue weighted by Crippen LogP contribution is 2.18. The summed E-state index contributed by atoms with van der Waals surface area (Å²) in [7, 11) is 0. The third-order valence-corrected chi connectivity index (χ3v) is 6.04. The topological polar surface area (TPSA) is 81.7 Å². The Morgan fingerprint density at radius 1 is 1.10 bits per heavy atom. The number of rotatable bonds is 5. The monoisotopic (exact) mass is 422 g/mol. The first-order valence-corrected chi connectivity index (χ1v) is 11.1. The van der Waals surface area contributed by atoms with Crippen molar-refractivity contribution >= 4 is 0 Å². The number of nitrogens with one attached hydrogen (secondary N) is 1. The smallest absolute Gasteiger partial charge is 0.293 e. The normalized spacial score (nSPS) is 18.5. The number of aromatic amines is 1. The Bertz CT molecular complexity index is 963. The van der Waals surface area contributed by atoms with Crippen LogP contribution in [0.4, 0.5) is 0 Å². The van der Waals surface area contributed by atoms with E-state index in [-0.39, 0.29) is 5.75 Å². The second-order valence-electron chi connectivity index (χ2n) is 8.25. The minimum Gasteiger partial charge on any atom is -0.502 e. The van der Waals surface area contributed by atoms with Gasteiger partial charge in [0, 0.05) is 44.1 Å². The van der Waals surface area contributed by atoms with Gasteiger partial charge in [0.05, 0.1) is 25.2 Å². The second kappa shape index (κ2) is 10.6. The maximum atomic E-state index is 11.5. The van der Waals surface area contributed by atoms with Crippen LogP contribution in [0, 0.1) is 17.8 Å². The first-order chi connectivity index (χ1) is 15.2. The standard InChI is InChI=1S/C24H30N4O3/c29-23-22(25-18-26-24(23)30)9-12-27-10-7-20(8-11-27)2-1-19-3-5-21(6-4-19)17-28-13-15-31-16-14-28/h3-6,18,20,29H,7-17H2,(H,25,26,30). The van der Waals surface area contributed by atoms with Gasteiger partial charge in [0.15, 0.2) is 0 Å². The number of hydrogen-bond donors (Lipinski definition) is 2. The molecule has 0 amide bonds. The average Bonchev–Trinajstić information content (AvgIpc) is 2.81. The molecular weight excluding hydrogens is 392 g/mol. The third kappa shape index (κ3) is 6.17. The van der Waals surface area contributed by atoms with Crippen molar-refractivity contribution in [3.8, 4) is 17.6 Å². The molecule has 2 N–H and O–H groups in total. The molecule has 0 spiro atoms. The van der Waals surface area contributed by atoms with Crippen LogP contribution in [0.15, 0.2) is 35.4 Å². The van der Waals surface area contributed by atoms with E-state index >= 15 is 0 Å². The van der Waals surface area contributed by atoms with Crippen LogP contribution in [0.25, 0.3) is 0 Å². The summed E-state index contributed by atoms with van der Waals surface area (Å²) in [6, 6.07) is 8.61. The number of H-pyrrole nitrogens is 1.